The first-order valence-corrected chi connectivity index (χ1v) is 8.98. The van der Waals surface area contributed by atoms with E-state index < -0.39 is 11.7 Å². The number of rotatable bonds is 5. The molecule has 4 aromatic rings. The Morgan fingerprint density at radius 3 is 2.38 bits per heavy atom. The summed E-state index contributed by atoms with van der Waals surface area (Å²) in [6, 6.07) is 20.2. The van der Waals surface area contributed by atoms with Crippen molar-refractivity contribution < 1.29 is 14.0 Å². The minimum atomic E-state index is -0.500. The van der Waals surface area contributed by atoms with Crippen LogP contribution in [0.5, 0.6) is 0 Å². The summed E-state index contributed by atoms with van der Waals surface area (Å²) in [5, 5.41) is 5.49. The smallest absolute Gasteiger partial charge is 0.292 e. The Balaban J connectivity index is 1.60. The Hall–Kier alpha value is -4.00. The summed E-state index contributed by atoms with van der Waals surface area (Å²) in [4.78, 5) is 29.7. The first kappa shape index (κ1) is 18.4. The van der Waals surface area contributed by atoms with Crippen LogP contribution in [0.25, 0.3) is 5.52 Å². The van der Waals surface area contributed by atoms with E-state index in [1.54, 1.807) is 28.8 Å². The molecule has 2 aromatic heterocycles. The lowest BCUT2D eigenvalue weighted by Gasteiger charge is -2.04. The van der Waals surface area contributed by atoms with Gasteiger partial charge >= 0.3 is 0 Å². The van der Waals surface area contributed by atoms with E-state index in [4.69, 9.17) is 0 Å². The molecule has 0 aliphatic rings. The fourth-order valence-corrected chi connectivity index (χ4v) is 2.95. The van der Waals surface area contributed by atoms with Gasteiger partial charge in [0.25, 0.3) is 11.8 Å². The Morgan fingerprint density at radius 1 is 0.897 bits per heavy atom. The molecule has 0 atom stereocenters. The molecule has 0 saturated heterocycles. The number of imidazole rings is 1. The van der Waals surface area contributed by atoms with Crippen molar-refractivity contribution in [2.24, 2.45) is 0 Å². The van der Waals surface area contributed by atoms with Gasteiger partial charge in [-0.15, -0.1) is 0 Å². The molecule has 4 rings (SSSR count). The second-order valence-corrected chi connectivity index (χ2v) is 6.37. The average Bonchev–Trinajstić information content (AvgIpc) is 3.14. The van der Waals surface area contributed by atoms with Crippen molar-refractivity contribution in [1.29, 1.82) is 0 Å². The van der Waals surface area contributed by atoms with Gasteiger partial charge in [-0.05, 0) is 42.0 Å². The number of fused-ring (bicyclic) bond motifs is 1. The van der Waals surface area contributed by atoms with Crippen molar-refractivity contribution in [2.45, 2.75) is 6.54 Å². The third-order valence-electron chi connectivity index (χ3n) is 4.36. The minimum absolute atomic E-state index is 0.0646. The van der Waals surface area contributed by atoms with Gasteiger partial charge in [-0.2, -0.15) is 0 Å². The van der Waals surface area contributed by atoms with Crippen LogP contribution in [0.1, 0.15) is 26.7 Å². The Morgan fingerprint density at radius 2 is 1.62 bits per heavy atom. The number of pyridine rings is 1. The summed E-state index contributed by atoms with van der Waals surface area (Å²) < 4.78 is 14.6. The summed E-state index contributed by atoms with van der Waals surface area (Å²) in [6.45, 7) is 0.350. The maximum Gasteiger partial charge on any atom is 0.292 e. The molecule has 2 aromatic carbocycles. The van der Waals surface area contributed by atoms with Crippen LogP contribution in [0.4, 0.5) is 10.1 Å². The lowest BCUT2D eigenvalue weighted by molar-refractivity contribution is 0.0948. The number of carbonyl (C=O) groups excluding carboxylic acids is 2. The van der Waals surface area contributed by atoms with Gasteiger partial charge in [-0.25, -0.2) is 9.37 Å². The number of amides is 2. The zero-order valence-corrected chi connectivity index (χ0v) is 15.3. The van der Waals surface area contributed by atoms with Crippen molar-refractivity contribution in [3.63, 3.8) is 0 Å². The molecule has 7 heteroatoms. The van der Waals surface area contributed by atoms with E-state index in [9.17, 15) is 14.0 Å². The molecule has 6 nitrogen and oxygen atoms in total. The van der Waals surface area contributed by atoms with E-state index in [2.05, 4.69) is 15.6 Å². The van der Waals surface area contributed by atoms with Gasteiger partial charge in [-0.3, -0.25) is 14.0 Å². The number of nitrogens with one attached hydrogen (secondary N) is 2. The van der Waals surface area contributed by atoms with Gasteiger partial charge < -0.3 is 10.6 Å². The standard InChI is InChI=1S/C22H17FN4O2/c23-16-9-11-17(12-10-16)25-22(29)20-26-19(18-8-4-5-13-27(18)20)21(28)24-14-15-6-2-1-3-7-15/h1-13H,14H2,(H,24,28)(H,25,29). The topological polar surface area (TPSA) is 75.5 Å². The van der Waals surface area contributed by atoms with Gasteiger partial charge in [0.2, 0.25) is 5.82 Å². The number of carbonyl (C=O) groups is 2. The van der Waals surface area contributed by atoms with Crippen LogP contribution in [0.3, 0.4) is 0 Å². The normalized spacial score (nSPS) is 10.7. The molecule has 2 amide bonds. The van der Waals surface area contributed by atoms with Crippen LogP contribution in [-0.2, 0) is 6.54 Å². The molecular weight excluding hydrogens is 371 g/mol. The molecule has 2 heterocycles. The Kier molecular flexibility index (Phi) is 5.03. The van der Waals surface area contributed by atoms with Crippen LogP contribution < -0.4 is 10.6 Å². The summed E-state index contributed by atoms with van der Waals surface area (Å²) in [5.41, 5.74) is 2.06. The predicted molar refractivity (Wildman–Crippen MR) is 107 cm³/mol. The molecule has 144 valence electrons. The second kappa shape index (κ2) is 7.93. The maximum absolute atomic E-state index is 13.1. The average molecular weight is 388 g/mol. The number of halogens is 1. The number of hydrogen-bond donors (Lipinski definition) is 2. The lowest BCUT2D eigenvalue weighted by atomic mass is 10.2. The van der Waals surface area contributed by atoms with Gasteiger partial charge in [0.05, 0.1) is 5.52 Å². The fourth-order valence-electron chi connectivity index (χ4n) is 2.95. The van der Waals surface area contributed by atoms with E-state index in [0.29, 0.717) is 17.7 Å². The van der Waals surface area contributed by atoms with Crippen LogP contribution in [-0.4, -0.2) is 21.2 Å². The first-order chi connectivity index (χ1) is 14.1. The van der Waals surface area contributed by atoms with Gasteiger partial charge in [0, 0.05) is 18.4 Å². The van der Waals surface area contributed by atoms with Crippen LogP contribution in [0, 0.1) is 5.82 Å². The number of anilines is 1. The SMILES string of the molecule is O=C(NCc1ccccc1)c1nc(C(=O)Nc2ccc(F)cc2)n2ccccc12. The van der Waals surface area contributed by atoms with Crippen molar-refractivity contribution >= 4 is 23.0 Å². The maximum atomic E-state index is 13.1. The van der Waals surface area contributed by atoms with Crippen LogP contribution >= 0.6 is 0 Å². The molecule has 0 saturated carbocycles. The number of benzene rings is 2. The zero-order valence-electron chi connectivity index (χ0n) is 15.3. The summed E-state index contributed by atoms with van der Waals surface area (Å²) in [6.07, 6.45) is 1.66. The van der Waals surface area contributed by atoms with Crippen molar-refractivity contribution in [3.8, 4) is 0 Å². The largest absolute Gasteiger partial charge is 0.347 e. The summed E-state index contributed by atoms with van der Waals surface area (Å²) in [5.74, 6) is -1.21. The highest BCUT2D eigenvalue weighted by Gasteiger charge is 2.21. The Bertz CT molecular complexity index is 1170. The van der Waals surface area contributed by atoms with Crippen molar-refractivity contribution in [2.75, 3.05) is 5.32 Å². The third-order valence-corrected chi connectivity index (χ3v) is 4.36. The minimum Gasteiger partial charge on any atom is -0.347 e. The van der Waals surface area contributed by atoms with E-state index in [1.807, 2.05) is 30.3 Å². The van der Waals surface area contributed by atoms with E-state index in [-0.39, 0.29) is 17.4 Å². The third kappa shape index (κ3) is 3.98. The molecule has 0 aliphatic heterocycles. The van der Waals surface area contributed by atoms with Gasteiger partial charge in [0.1, 0.15) is 5.82 Å². The number of aromatic nitrogens is 2. The van der Waals surface area contributed by atoms with Gasteiger partial charge in [0.15, 0.2) is 5.69 Å². The molecule has 0 unspecified atom stereocenters. The monoisotopic (exact) mass is 388 g/mol. The van der Waals surface area contributed by atoms with Crippen LogP contribution in [0.2, 0.25) is 0 Å². The highest BCUT2D eigenvalue weighted by atomic mass is 19.1. The molecule has 29 heavy (non-hydrogen) atoms. The summed E-state index contributed by atoms with van der Waals surface area (Å²) >= 11 is 0. The number of hydrogen-bond acceptors (Lipinski definition) is 3. The predicted octanol–water partition coefficient (Wildman–Crippen LogP) is 3.66. The molecule has 2 N–H and O–H groups in total. The number of nitrogens with zero attached hydrogens (tertiary/aromatic N) is 2. The zero-order chi connectivity index (χ0) is 20.2. The molecule has 0 fully saturated rings. The highest BCUT2D eigenvalue weighted by Crippen LogP contribution is 2.16. The lowest BCUT2D eigenvalue weighted by Crippen LogP contribution is -2.23. The molecule has 0 radical (unpaired) electrons. The van der Waals surface area contributed by atoms with Crippen molar-refractivity contribution in [1.82, 2.24) is 14.7 Å². The molecule has 0 aliphatic carbocycles. The first-order valence-electron chi connectivity index (χ1n) is 8.98. The Labute approximate surface area is 166 Å². The quantitative estimate of drug-likeness (QED) is 0.548. The fraction of sp³-hybridized carbons (Fsp3) is 0.0455. The van der Waals surface area contributed by atoms with Crippen LogP contribution in [0.15, 0.2) is 79.0 Å². The van der Waals surface area contributed by atoms with Gasteiger partial charge in [-0.1, -0.05) is 36.4 Å². The highest BCUT2D eigenvalue weighted by molar-refractivity contribution is 6.06. The van der Waals surface area contributed by atoms with E-state index in [0.717, 1.165) is 5.56 Å². The second-order valence-electron chi connectivity index (χ2n) is 6.37. The molecule has 0 spiro atoms. The van der Waals surface area contributed by atoms with E-state index in [1.165, 1.54) is 24.3 Å². The summed E-state index contributed by atoms with van der Waals surface area (Å²) in [7, 11) is 0. The molecular formula is C22H17FN4O2. The van der Waals surface area contributed by atoms with Crippen molar-refractivity contribution in [3.05, 3.63) is 102 Å². The molecule has 0 bridgehead atoms. The van der Waals surface area contributed by atoms with E-state index >= 15 is 0 Å².